The zero-order valence-electron chi connectivity index (χ0n) is 11.1. The average Bonchev–Trinajstić information content (AvgIpc) is 2.93. The molecule has 1 aromatic carbocycles. The Morgan fingerprint density at radius 3 is 2.47 bits per heavy atom. The van der Waals surface area contributed by atoms with Crippen molar-refractivity contribution in [3.63, 3.8) is 0 Å². The van der Waals surface area contributed by atoms with Crippen LogP contribution in [0.2, 0.25) is 0 Å². The van der Waals surface area contributed by atoms with Crippen LogP contribution < -0.4 is 10.1 Å². The Morgan fingerprint density at radius 2 is 1.94 bits per heavy atom. The summed E-state index contributed by atoms with van der Waals surface area (Å²) in [6.07, 6.45) is 2.47. The number of rotatable bonds is 6. The van der Waals surface area contributed by atoms with E-state index in [9.17, 15) is 0 Å². The summed E-state index contributed by atoms with van der Waals surface area (Å²) in [6, 6.07) is 8.34. The van der Waals surface area contributed by atoms with Gasteiger partial charge in [-0.3, -0.25) is 0 Å². The van der Waals surface area contributed by atoms with Crippen molar-refractivity contribution < 1.29 is 4.74 Å². The first-order valence-electron chi connectivity index (χ1n) is 6.45. The quantitative estimate of drug-likeness (QED) is 0.763. The van der Waals surface area contributed by atoms with Crippen LogP contribution in [0.15, 0.2) is 24.3 Å². The zero-order valence-corrected chi connectivity index (χ0v) is 11.1. The summed E-state index contributed by atoms with van der Waals surface area (Å²) in [7, 11) is 1.70. The average molecular weight is 233 g/mol. The van der Waals surface area contributed by atoms with Gasteiger partial charge >= 0.3 is 0 Å². The van der Waals surface area contributed by atoms with Crippen LogP contribution in [-0.2, 0) is 6.42 Å². The fraction of sp³-hybridized carbons (Fsp3) is 0.600. The minimum absolute atomic E-state index is 0.590. The Bertz CT molecular complexity index is 356. The molecular weight excluding hydrogens is 210 g/mol. The minimum Gasteiger partial charge on any atom is -0.497 e. The molecule has 2 rings (SSSR count). The van der Waals surface area contributed by atoms with Crippen LogP contribution in [0.1, 0.15) is 25.8 Å². The van der Waals surface area contributed by atoms with E-state index in [0.717, 1.165) is 24.6 Å². The Hall–Kier alpha value is -1.02. The molecule has 0 amide bonds. The standard InChI is InChI=1S/C15H23NO/c1-15(2)10-13(15)11-16-9-8-12-4-6-14(17-3)7-5-12/h4-7,13,16H,8-11H2,1-3H3. The number of nitrogens with one attached hydrogen (secondary N) is 1. The molecule has 0 aliphatic heterocycles. The lowest BCUT2D eigenvalue weighted by Gasteiger charge is -2.07. The third kappa shape index (κ3) is 3.47. The van der Waals surface area contributed by atoms with Crippen molar-refractivity contribution in [3.8, 4) is 5.75 Å². The summed E-state index contributed by atoms with van der Waals surface area (Å²) in [5.41, 5.74) is 1.96. The molecule has 1 unspecified atom stereocenters. The molecule has 0 spiro atoms. The van der Waals surface area contributed by atoms with Gasteiger partial charge in [0.05, 0.1) is 7.11 Å². The molecular formula is C15H23NO. The highest BCUT2D eigenvalue weighted by Crippen LogP contribution is 2.50. The first kappa shape index (κ1) is 12.4. The topological polar surface area (TPSA) is 21.3 Å². The summed E-state index contributed by atoms with van der Waals surface area (Å²) in [5, 5.41) is 3.55. The summed E-state index contributed by atoms with van der Waals surface area (Å²) in [6.45, 7) is 6.94. The van der Waals surface area contributed by atoms with Gasteiger partial charge in [-0.1, -0.05) is 26.0 Å². The fourth-order valence-corrected chi connectivity index (χ4v) is 2.23. The van der Waals surface area contributed by atoms with E-state index in [-0.39, 0.29) is 0 Å². The number of benzene rings is 1. The third-order valence-corrected chi connectivity index (χ3v) is 3.86. The maximum atomic E-state index is 5.14. The molecule has 0 radical (unpaired) electrons. The Morgan fingerprint density at radius 1 is 1.29 bits per heavy atom. The second-order valence-corrected chi connectivity index (χ2v) is 5.69. The number of ether oxygens (including phenoxy) is 1. The molecule has 0 aromatic heterocycles. The second kappa shape index (κ2) is 5.09. The monoisotopic (exact) mass is 233 g/mol. The number of methoxy groups -OCH3 is 1. The summed E-state index contributed by atoms with van der Waals surface area (Å²) in [4.78, 5) is 0. The van der Waals surface area contributed by atoms with Gasteiger partial charge in [-0.2, -0.15) is 0 Å². The summed E-state index contributed by atoms with van der Waals surface area (Å²) >= 11 is 0. The molecule has 1 aromatic rings. The van der Waals surface area contributed by atoms with Crippen molar-refractivity contribution in [2.75, 3.05) is 20.2 Å². The van der Waals surface area contributed by atoms with Crippen LogP contribution in [0.4, 0.5) is 0 Å². The van der Waals surface area contributed by atoms with E-state index in [1.54, 1.807) is 7.11 Å². The maximum Gasteiger partial charge on any atom is 0.118 e. The Labute approximate surface area is 104 Å². The van der Waals surface area contributed by atoms with Gasteiger partial charge in [-0.25, -0.2) is 0 Å². The van der Waals surface area contributed by atoms with E-state index in [4.69, 9.17) is 4.74 Å². The van der Waals surface area contributed by atoms with Gasteiger partial charge in [0, 0.05) is 0 Å². The van der Waals surface area contributed by atoms with Crippen molar-refractivity contribution in [1.29, 1.82) is 0 Å². The molecule has 0 bridgehead atoms. The lowest BCUT2D eigenvalue weighted by atomic mass is 10.1. The molecule has 94 valence electrons. The van der Waals surface area contributed by atoms with Gasteiger partial charge in [0.2, 0.25) is 0 Å². The van der Waals surface area contributed by atoms with Gasteiger partial charge in [-0.15, -0.1) is 0 Å². The van der Waals surface area contributed by atoms with Gasteiger partial charge in [0.15, 0.2) is 0 Å². The van der Waals surface area contributed by atoms with Gasteiger partial charge in [-0.05, 0) is 55.0 Å². The molecule has 1 saturated carbocycles. The predicted molar refractivity (Wildman–Crippen MR) is 71.5 cm³/mol. The van der Waals surface area contributed by atoms with Gasteiger partial charge < -0.3 is 10.1 Å². The highest BCUT2D eigenvalue weighted by molar-refractivity contribution is 5.27. The van der Waals surface area contributed by atoms with Crippen molar-refractivity contribution in [3.05, 3.63) is 29.8 Å². The Kier molecular flexibility index (Phi) is 3.72. The molecule has 2 nitrogen and oxygen atoms in total. The van der Waals surface area contributed by atoms with E-state index >= 15 is 0 Å². The Balaban J connectivity index is 1.64. The minimum atomic E-state index is 0.590. The van der Waals surface area contributed by atoms with Crippen molar-refractivity contribution in [1.82, 2.24) is 5.32 Å². The predicted octanol–water partition coefficient (Wildman–Crippen LogP) is 2.87. The molecule has 1 N–H and O–H groups in total. The summed E-state index contributed by atoms with van der Waals surface area (Å²) < 4.78 is 5.14. The smallest absolute Gasteiger partial charge is 0.118 e. The third-order valence-electron chi connectivity index (χ3n) is 3.86. The van der Waals surface area contributed by atoms with E-state index in [1.807, 2.05) is 12.1 Å². The first-order chi connectivity index (χ1) is 8.12. The highest BCUT2D eigenvalue weighted by atomic mass is 16.5. The summed E-state index contributed by atoms with van der Waals surface area (Å²) in [5.74, 6) is 1.82. The highest BCUT2D eigenvalue weighted by Gasteiger charge is 2.44. The number of hydrogen-bond acceptors (Lipinski definition) is 2. The molecule has 1 fully saturated rings. The van der Waals surface area contributed by atoms with Crippen molar-refractivity contribution in [2.24, 2.45) is 11.3 Å². The maximum absolute atomic E-state index is 5.14. The molecule has 2 heteroatoms. The SMILES string of the molecule is COc1ccc(CCNCC2CC2(C)C)cc1. The number of hydrogen-bond donors (Lipinski definition) is 1. The lowest BCUT2D eigenvalue weighted by molar-refractivity contribution is 0.414. The molecule has 0 saturated heterocycles. The van der Waals surface area contributed by atoms with Gasteiger partial charge in [0.25, 0.3) is 0 Å². The van der Waals surface area contributed by atoms with Crippen LogP contribution in [0.5, 0.6) is 5.75 Å². The van der Waals surface area contributed by atoms with Crippen LogP contribution >= 0.6 is 0 Å². The van der Waals surface area contributed by atoms with Crippen LogP contribution in [0.25, 0.3) is 0 Å². The zero-order chi connectivity index (χ0) is 12.3. The van der Waals surface area contributed by atoms with Crippen molar-refractivity contribution >= 4 is 0 Å². The molecule has 17 heavy (non-hydrogen) atoms. The van der Waals surface area contributed by atoms with Crippen LogP contribution in [0.3, 0.4) is 0 Å². The van der Waals surface area contributed by atoms with E-state index in [1.165, 1.54) is 18.5 Å². The molecule has 1 atom stereocenters. The van der Waals surface area contributed by atoms with E-state index in [0.29, 0.717) is 5.41 Å². The normalized spacial score (nSPS) is 21.2. The largest absolute Gasteiger partial charge is 0.497 e. The second-order valence-electron chi connectivity index (χ2n) is 5.69. The van der Waals surface area contributed by atoms with Crippen LogP contribution in [-0.4, -0.2) is 20.2 Å². The van der Waals surface area contributed by atoms with E-state index < -0.39 is 0 Å². The fourth-order valence-electron chi connectivity index (χ4n) is 2.23. The first-order valence-corrected chi connectivity index (χ1v) is 6.45. The lowest BCUT2D eigenvalue weighted by Crippen LogP contribution is -2.21. The van der Waals surface area contributed by atoms with E-state index in [2.05, 4.69) is 31.3 Å². The van der Waals surface area contributed by atoms with Crippen molar-refractivity contribution in [2.45, 2.75) is 26.7 Å². The van der Waals surface area contributed by atoms with Crippen LogP contribution in [0, 0.1) is 11.3 Å². The van der Waals surface area contributed by atoms with Gasteiger partial charge in [0.1, 0.15) is 5.75 Å². The molecule has 0 heterocycles. The molecule has 1 aliphatic carbocycles. The molecule has 1 aliphatic rings.